The highest BCUT2D eigenvalue weighted by Crippen LogP contribution is 2.34. The number of carbonyl (C=O) groups is 1. The summed E-state index contributed by atoms with van der Waals surface area (Å²) in [4.78, 5) is 21.4. The van der Waals surface area contributed by atoms with Crippen molar-refractivity contribution in [2.24, 2.45) is 0 Å². The third kappa shape index (κ3) is 10.7. The second-order valence-electron chi connectivity index (χ2n) is 13.3. The van der Waals surface area contributed by atoms with Gasteiger partial charge in [0, 0.05) is 61.0 Å². The van der Waals surface area contributed by atoms with Gasteiger partial charge in [-0.3, -0.25) is 9.69 Å². The van der Waals surface area contributed by atoms with Gasteiger partial charge in [-0.25, -0.2) is 9.37 Å². The van der Waals surface area contributed by atoms with Crippen molar-refractivity contribution >= 4 is 35.2 Å². The molecule has 5 aromatic rings. The van der Waals surface area contributed by atoms with E-state index < -0.39 is 0 Å². The van der Waals surface area contributed by atoms with E-state index in [0.29, 0.717) is 78.1 Å². The van der Waals surface area contributed by atoms with Crippen LogP contribution in [0.5, 0.6) is 28.9 Å². The van der Waals surface area contributed by atoms with Crippen LogP contribution in [0.3, 0.4) is 0 Å². The maximum absolute atomic E-state index is 15.0. The fourth-order valence-corrected chi connectivity index (χ4v) is 6.39. The first kappa shape index (κ1) is 38.6. The van der Waals surface area contributed by atoms with Gasteiger partial charge >= 0.3 is 0 Å². The lowest BCUT2D eigenvalue weighted by molar-refractivity contribution is -0.127. The number of aromatic nitrogens is 1. The first-order valence-electron chi connectivity index (χ1n) is 17.8. The smallest absolute Gasteiger partial charge is 0.246 e. The van der Waals surface area contributed by atoms with E-state index in [0.717, 1.165) is 28.0 Å². The van der Waals surface area contributed by atoms with Gasteiger partial charge in [0.25, 0.3) is 0 Å². The Kier molecular flexibility index (Phi) is 13.1. The number of amides is 1. The van der Waals surface area contributed by atoms with Crippen LogP contribution in [0.4, 0.5) is 4.39 Å². The highest BCUT2D eigenvalue weighted by Gasteiger charge is 2.20. The van der Waals surface area contributed by atoms with Crippen LogP contribution in [0.1, 0.15) is 41.7 Å². The van der Waals surface area contributed by atoms with E-state index in [2.05, 4.69) is 9.88 Å². The van der Waals surface area contributed by atoms with E-state index in [1.807, 2.05) is 86.3 Å². The quantitative estimate of drug-likeness (QED) is 0.104. The van der Waals surface area contributed by atoms with Crippen molar-refractivity contribution in [3.05, 3.63) is 147 Å². The van der Waals surface area contributed by atoms with Gasteiger partial charge in [-0.2, -0.15) is 0 Å². The van der Waals surface area contributed by atoms with Gasteiger partial charge in [-0.15, -0.1) is 0 Å². The summed E-state index contributed by atoms with van der Waals surface area (Å²) < 4.78 is 38.2. The largest absolute Gasteiger partial charge is 0.491 e. The Morgan fingerprint density at radius 2 is 1.54 bits per heavy atom. The molecule has 11 heteroatoms. The number of hydrogen-bond donors (Lipinski definition) is 0. The number of halogens is 3. The van der Waals surface area contributed by atoms with Gasteiger partial charge in [0.05, 0.1) is 17.3 Å². The van der Waals surface area contributed by atoms with Crippen LogP contribution in [0, 0.1) is 12.7 Å². The Bertz CT molecular complexity index is 2040. The Morgan fingerprint density at radius 3 is 2.22 bits per heavy atom. The Morgan fingerprint density at radius 1 is 0.833 bits per heavy atom. The first-order valence-corrected chi connectivity index (χ1v) is 18.5. The molecule has 4 aromatic carbocycles. The lowest BCUT2D eigenvalue weighted by Gasteiger charge is -2.34. The van der Waals surface area contributed by atoms with Gasteiger partial charge in [0.15, 0.2) is 5.75 Å². The fourth-order valence-electron chi connectivity index (χ4n) is 5.89. The summed E-state index contributed by atoms with van der Waals surface area (Å²) >= 11 is 12.8. The SMILES string of the molecule is Cc1cc(/C=C/C(=O)N2CCN(Cc3ccc(COc4ccc(OC(C)C)cc4)c(F)c3)CC2)cc(Cl)c1Oc1ccc(OCc2ccccc2Cl)cn1. The van der Waals surface area contributed by atoms with E-state index in [4.69, 9.17) is 42.1 Å². The highest BCUT2D eigenvalue weighted by atomic mass is 35.5. The van der Waals surface area contributed by atoms with Crippen LogP contribution in [0.15, 0.2) is 103 Å². The zero-order valence-corrected chi connectivity index (χ0v) is 31.9. The van der Waals surface area contributed by atoms with Gasteiger partial charge in [-0.05, 0) is 98.1 Å². The summed E-state index contributed by atoms with van der Waals surface area (Å²) in [5.74, 6) is 2.45. The highest BCUT2D eigenvalue weighted by molar-refractivity contribution is 6.32. The number of ether oxygens (including phenoxy) is 4. The monoisotopic (exact) mass is 769 g/mol. The first-order chi connectivity index (χ1) is 26.1. The molecule has 1 aromatic heterocycles. The Balaban J connectivity index is 0.947. The predicted octanol–water partition coefficient (Wildman–Crippen LogP) is 9.93. The molecule has 1 aliphatic heterocycles. The zero-order chi connectivity index (χ0) is 38.0. The van der Waals surface area contributed by atoms with Crippen LogP contribution >= 0.6 is 23.2 Å². The van der Waals surface area contributed by atoms with Crippen molar-refractivity contribution in [2.45, 2.75) is 46.6 Å². The number of rotatable bonds is 14. The molecule has 0 N–H and O–H groups in total. The molecule has 0 saturated carbocycles. The molecule has 6 rings (SSSR count). The molecule has 1 aliphatic rings. The normalized spacial score (nSPS) is 13.4. The van der Waals surface area contributed by atoms with Crippen molar-refractivity contribution in [3.8, 4) is 28.9 Å². The van der Waals surface area contributed by atoms with E-state index in [-0.39, 0.29) is 24.4 Å². The van der Waals surface area contributed by atoms with Crippen LogP contribution in [0.2, 0.25) is 10.0 Å². The minimum Gasteiger partial charge on any atom is -0.491 e. The second-order valence-corrected chi connectivity index (χ2v) is 14.1. The summed E-state index contributed by atoms with van der Waals surface area (Å²) in [5.41, 5.74) is 3.81. The van der Waals surface area contributed by atoms with Gasteiger partial charge in [0.2, 0.25) is 11.8 Å². The van der Waals surface area contributed by atoms with E-state index in [9.17, 15) is 9.18 Å². The number of nitrogens with zero attached hydrogens (tertiary/aromatic N) is 3. The van der Waals surface area contributed by atoms with Crippen molar-refractivity contribution < 1.29 is 28.1 Å². The van der Waals surface area contributed by atoms with Gasteiger partial charge in [-0.1, -0.05) is 53.5 Å². The van der Waals surface area contributed by atoms with E-state index in [1.54, 1.807) is 48.7 Å². The van der Waals surface area contributed by atoms with Crippen LogP contribution in [-0.2, 0) is 24.6 Å². The number of aryl methyl sites for hydroxylation is 1. The van der Waals surface area contributed by atoms with Crippen molar-refractivity contribution in [1.82, 2.24) is 14.8 Å². The van der Waals surface area contributed by atoms with Crippen LogP contribution in [-0.4, -0.2) is 53.0 Å². The summed E-state index contributed by atoms with van der Waals surface area (Å²) in [6.07, 6.45) is 4.99. The molecule has 1 fully saturated rings. The number of benzene rings is 4. The van der Waals surface area contributed by atoms with Crippen molar-refractivity contribution in [3.63, 3.8) is 0 Å². The lowest BCUT2D eigenvalue weighted by atomic mass is 10.1. The topological polar surface area (TPSA) is 73.4 Å². The molecule has 0 spiro atoms. The number of hydrogen-bond acceptors (Lipinski definition) is 7. The number of pyridine rings is 1. The van der Waals surface area contributed by atoms with Gasteiger partial charge in [0.1, 0.15) is 36.3 Å². The molecule has 0 bridgehead atoms. The third-order valence-electron chi connectivity index (χ3n) is 8.74. The summed E-state index contributed by atoms with van der Waals surface area (Å²) in [7, 11) is 0. The van der Waals surface area contributed by atoms with Crippen LogP contribution in [0.25, 0.3) is 6.08 Å². The summed E-state index contributed by atoms with van der Waals surface area (Å²) in [6.45, 7) is 9.38. The summed E-state index contributed by atoms with van der Waals surface area (Å²) in [6, 6.07) is 27.2. The molecule has 1 saturated heterocycles. The molecular weight excluding hydrogens is 728 g/mol. The standard InChI is InChI=1S/C43H42Cl2FN3O5/c1-29(2)53-36-13-11-35(12-14-36)51-28-34-10-8-32(24-40(34)46)26-48-18-20-49(21-19-48)42(50)17-9-31-22-30(3)43(39(45)23-31)54-41-16-15-37(25-47-41)52-27-33-6-4-5-7-38(33)44/h4-17,22-25,29H,18-21,26-28H2,1-3H3/b17-9+. The van der Waals surface area contributed by atoms with Crippen molar-refractivity contribution in [2.75, 3.05) is 26.2 Å². The minimum atomic E-state index is -0.303. The average Bonchev–Trinajstić information content (AvgIpc) is 3.16. The molecule has 54 heavy (non-hydrogen) atoms. The molecule has 1 amide bonds. The number of piperazine rings is 1. The van der Waals surface area contributed by atoms with Gasteiger partial charge < -0.3 is 23.8 Å². The molecule has 0 radical (unpaired) electrons. The Labute approximate surface area is 325 Å². The Hall–Kier alpha value is -5.09. The molecule has 0 aliphatic carbocycles. The predicted molar refractivity (Wildman–Crippen MR) is 210 cm³/mol. The lowest BCUT2D eigenvalue weighted by Crippen LogP contribution is -2.47. The molecular formula is C43H42Cl2FN3O5. The zero-order valence-electron chi connectivity index (χ0n) is 30.4. The third-order valence-corrected chi connectivity index (χ3v) is 9.38. The maximum Gasteiger partial charge on any atom is 0.246 e. The number of carbonyl (C=O) groups excluding carboxylic acids is 1. The molecule has 0 unspecified atom stereocenters. The van der Waals surface area contributed by atoms with Crippen molar-refractivity contribution in [1.29, 1.82) is 0 Å². The molecule has 2 heterocycles. The van der Waals surface area contributed by atoms with Crippen LogP contribution < -0.4 is 18.9 Å². The molecule has 0 atom stereocenters. The maximum atomic E-state index is 15.0. The van der Waals surface area contributed by atoms with E-state index in [1.165, 1.54) is 0 Å². The molecule has 8 nitrogen and oxygen atoms in total. The summed E-state index contributed by atoms with van der Waals surface area (Å²) in [5, 5.41) is 1.04. The van der Waals surface area contributed by atoms with E-state index >= 15 is 0 Å². The average molecular weight is 771 g/mol. The fraction of sp³-hybridized carbons (Fsp3) is 0.256. The molecule has 280 valence electrons. The second kappa shape index (κ2) is 18.3. The minimum absolute atomic E-state index is 0.0812.